The van der Waals surface area contributed by atoms with Crippen LogP contribution in [0.4, 0.5) is 5.69 Å². The molecule has 4 rings (SSSR count). The first kappa shape index (κ1) is 17.1. The van der Waals surface area contributed by atoms with Gasteiger partial charge in [0.15, 0.2) is 11.5 Å². The number of aromatic nitrogens is 1. The summed E-state index contributed by atoms with van der Waals surface area (Å²) in [5.74, 6) is 1.32. The SMILES string of the molecule is CC(C)c1cc2cc(CC(=O)Nc3ccc4c(c3)OCO4)ccc2[nH]c1=O. The molecule has 2 N–H and O–H groups in total. The first-order chi connectivity index (χ1) is 13.0. The first-order valence-electron chi connectivity index (χ1n) is 8.85. The van der Waals surface area contributed by atoms with E-state index in [0.717, 1.165) is 22.0 Å². The van der Waals surface area contributed by atoms with Gasteiger partial charge < -0.3 is 19.8 Å². The Morgan fingerprint density at radius 2 is 1.93 bits per heavy atom. The lowest BCUT2D eigenvalue weighted by Crippen LogP contribution is -2.15. The van der Waals surface area contributed by atoms with E-state index in [4.69, 9.17) is 9.47 Å². The standard InChI is InChI=1S/C21H20N2O4/c1-12(2)16-9-14-7-13(3-5-17(14)23-21(16)25)8-20(24)22-15-4-6-18-19(10-15)27-11-26-18/h3-7,9-10,12H,8,11H2,1-2H3,(H,22,24)(H,23,25). The van der Waals surface area contributed by atoms with Gasteiger partial charge in [-0.1, -0.05) is 19.9 Å². The van der Waals surface area contributed by atoms with Gasteiger partial charge in [0.1, 0.15) is 0 Å². The number of amides is 1. The van der Waals surface area contributed by atoms with Crippen LogP contribution in [0.3, 0.4) is 0 Å². The van der Waals surface area contributed by atoms with Crippen molar-refractivity contribution in [1.29, 1.82) is 0 Å². The summed E-state index contributed by atoms with van der Waals surface area (Å²) in [5, 5.41) is 3.80. The van der Waals surface area contributed by atoms with Crippen molar-refractivity contribution in [3.05, 3.63) is 63.9 Å². The van der Waals surface area contributed by atoms with Gasteiger partial charge >= 0.3 is 0 Å². The molecule has 27 heavy (non-hydrogen) atoms. The Labute approximate surface area is 156 Å². The number of rotatable bonds is 4. The third kappa shape index (κ3) is 3.51. The first-order valence-corrected chi connectivity index (χ1v) is 8.85. The van der Waals surface area contributed by atoms with Gasteiger partial charge in [0.2, 0.25) is 12.7 Å². The van der Waals surface area contributed by atoms with Crippen molar-refractivity contribution in [2.75, 3.05) is 12.1 Å². The minimum absolute atomic E-state index is 0.0641. The van der Waals surface area contributed by atoms with Crippen molar-refractivity contribution in [2.45, 2.75) is 26.2 Å². The number of anilines is 1. The van der Waals surface area contributed by atoms with Gasteiger partial charge in [0.25, 0.3) is 5.56 Å². The fourth-order valence-corrected chi connectivity index (χ4v) is 3.18. The maximum absolute atomic E-state index is 12.4. The molecule has 0 aliphatic carbocycles. The van der Waals surface area contributed by atoms with E-state index in [-0.39, 0.29) is 30.6 Å². The van der Waals surface area contributed by atoms with Crippen molar-refractivity contribution in [3.63, 3.8) is 0 Å². The fourth-order valence-electron chi connectivity index (χ4n) is 3.18. The van der Waals surface area contributed by atoms with Crippen molar-refractivity contribution < 1.29 is 14.3 Å². The number of pyridine rings is 1. The van der Waals surface area contributed by atoms with Crippen LogP contribution in [0.1, 0.15) is 30.9 Å². The molecule has 1 amide bonds. The van der Waals surface area contributed by atoms with Crippen LogP contribution in [0, 0.1) is 0 Å². The highest BCUT2D eigenvalue weighted by atomic mass is 16.7. The van der Waals surface area contributed by atoms with Crippen LogP contribution in [-0.4, -0.2) is 17.7 Å². The maximum atomic E-state index is 12.4. The van der Waals surface area contributed by atoms with Gasteiger partial charge in [-0.25, -0.2) is 0 Å². The maximum Gasteiger partial charge on any atom is 0.251 e. The third-order valence-electron chi connectivity index (χ3n) is 4.58. The Kier molecular flexibility index (Phi) is 4.32. The number of carbonyl (C=O) groups excluding carboxylic acids is 1. The molecular weight excluding hydrogens is 344 g/mol. The van der Waals surface area contributed by atoms with E-state index >= 15 is 0 Å². The molecule has 0 fully saturated rings. The summed E-state index contributed by atoms with van der Waals surface area (Å²) in [6, 6.07) is 12.8. The molecule has 1 aromatic heterocycles. The lowest BCUT2D eigenvalue weighted by atomic mass is 10.0. The molecular formula is C21H20N2O4. The van der Waals surface area contributed by atoms with Gasteiger partial charge in [0, 0.05) is 22.8 Å². The van der Waals surface area contributed by atoms with Crippen LogP contribution >= 0.6 is 0 Å². The number of hydrogen-bond donors (Lipinski definition) is 2. The van der Waals surface area contributed by atoms with Gasteiger partial charge in [-0.2, -0.15) is 0 Å². The smallest absolute Gasteiger partial charge is 0.251 e. The molecule has 6 heteroatoms. The molecule has 138 valence electrons. The topological polar surface area (TPSA) is 80.4 Å². The van der Waals surface area contributed by atoms with Gasteiger partial charge in [-0.05, 0) is 47.2 Å². The van der Waals surface area contributed by atoms with Crippen molar-refractivity contribution >= 4 is 22.5 Å². The molecule has 1 aliphatic heterocycles. The van der Waals surface area contributed by atoms with E-state index in [1.165, 1.54) is 0 Å². The molecule has 2 heterocycles. The highest BCUT2D eigenvalue weighted by Gasteiger charge is 2.14. The Morgan fingerprint density at radius 1 is 1.11 bits per heavy atom. The van der Waals surface area contributed by atoms with Crippen LogP contribution in [0.2, 0.25) is 0 Å². The van der Waals surface area contributed by atoms with Crippen LogP contribution in [-0.2, 0) is 11.2 Å². The molecule has 0 radical (unpaired) electrons. The lowest BCUT2D eigenvalue weighted by Gasteiger charge is -2.09. The Hall–Kier alpha value is -3.28. The molecule has 0 spiro atoms. The van der Waals surface area contributed by atoms with Crippen LogP contribution in [0.5, 0.6) is 11.5 Å². The Balaban J connectivity index is 1.53. The Bertz CT molecular complexity index is 1090. The number of fused-ring (bicyclic) bond motifs is 2. The van der Waals surface area contributed by atoms with E-state index in [1.54, 1.807) is 18.2 Å². The quantitative estimate of drug-likeness (QED) is 0.742. The van der Waals surface area contributed by atoms with Gasteiger partial charge in [-0.15, -0.1) is 0 Å². The molecule has 6 nitrogen and oxygen atoms in total. The van der Waals surface area contributed by atoms with Crippen molar-refractivity contribution in [1.82, 2.24) is 4.98 Å². The highest BCUT2D eigenvalue weighted by Crippen LogP contribution is 2.34. The molecule has 2 aromatic carbocycles. The second-order valence-electron chi connectivity index (χ2n) is 6.92. The molecule has 1 aliphatic rings. The number of nitrogens with one attached hydrogen (secondary N) is 2. The van der Waals surface area contributed by atoms with E-state index in [1.807, 2.05) is 38.1 Å². The normalized spacial score (nSPS) is 12.6. The Morgan fingerprint density at radius 3 is 2.74 bits per heavy atom. The van der Waals surface area contributed by atoms with E-state index in [0.29, 0.717) is 17.2 Å². The third-order valence-corrected chi connectivity index (χ3v) is 4.58. The summed E-state index contributed by atoms with van der Waals surface area (Å²) in [4.78, 5) is 27.4. The van der Waals surface area contributed by atoms with Crippen LogP contribution < -0.4 is 20.3 Å². The minimum Gasteiger partial charge on any atom is -0.454 e. The van der Waals surface area contributed by atoms with Crippen LogP contribution in [0.25, 0.3) is 10.9 Å². The van der Waals surface area contributed by atoms with E-state index in [2.05, 4.69) is 10.3 Å². The van der Waals surface area contributed by atoms with Crippen molar-refractivity contribution in [3.8, 4) is 11.5 Å². The second kappa shape index (κ2) is 6.79. The zero-order valence-corrected chi connectivity index (χ0v) is 15.2. The molecule has 0 saturated heterocycles. The van der Waals surface area contributed by atoms with E-state index < -0.39 is 0 Å². The van der Waals surface area contributed by atoms with Gasteiger partial charge in [0.05, 0.1) is 6.42 Å². The summed E-state index contributed by atoms with van der Waals surface area (Å²) < 4.78 is 10.6. The summed E-state index contributed by atoms with van der Waals surface area (Å²) in [7, 11) is 0. The van der Waals surface area contributed by atoms with Crippen LogP contribution in [0.15, 0.2) is 47.3 Å². The highest BCUT2D eigenvalue weighted by molar-refractivity contribution is 5.93. The lowest BCUT2D eigenvalue weighted by molar-refractivity contribution is -0.115. The molecule has 0 saturated carbocycles. The average Bonchev–Trinajstić information content (AvgIpc) is 3.09. The number of hydrogen-bond acceptors (Lipinski definition) is 4. The summed E-state index contributed by atoms with van der Waals surface area (Å²) >= 11 is 0. The molecule has 3 aromatic rings. The fraction of sp³-hybridized carbons (Fsp3) is 0.238. The number of benzene rings is 2. The van der Waals surface area contributed by atoms with E-state index in [9.17, 15) is 9.59 Å². The summed E-state index contributed by atoms with van der Waals surface area (Å²) in [5.41, 5.74) is 2.98. The second-order valence-corrected chi connectivity index (χ2v) is 6.92. The number of H-pyrrole nitrogens is 1. The number of ether oxygens (including phenoxy) is 2. The predicted octanol–water partition coefficient (Wildman–Crippen LogP) is 3.56. The summed E-state index contributed by atoms with van der Waals surface area (Å²) in [6.07, 6.45) is 0.237. The zero-order valence-electron chi connectivity index (χ0n) is 15.2. The van der Waals surface area contributed by atoms with Crippen molar-refractivity contribution in [2.24, 2.45) is 0 Å². The molecule has 0 atom stereocenters. The number of aromatic amines is 1. The largest absolute Gasteiger partial charge is 0.454 e. The molecule has 0 bridgehead atoms. The summed E-state index contributed by atoms with van der Waals surface area (Å²) in [6.45, 7) is 4.17. The average molecular weight is 364 g/mol. The number of carbonyl (C=O) groups is 1. The minimum atomic E-state index is -0.123. The molecule has 0 unspecified atom stereocenters. The predicted molar refractivity (Wildman–Crippen MR) is 104 cm³/mol. The monoisotopic (exact) mass is 364 g/mol. The van der Waals surface area contributed by atoms with Gasteiger partial charge in [-0.3, -0.25) is 9.59 Å². The zero-order chi connectivity index (χ0) is 19.0.